The number of aromatic nitrogens is 2. The minimum Gasteiger partial charge on any atom is -0.329 e. The molecule has 3 aromatic rings. The molecular formula is C22H21BrFN5O2. The summed E-state index contributed by atoms with van der Waals surface area (Å²) >= 11 is 0. The summed E-state index contributed by atoms with van der Waals surface area (Å²) in [6.45, 7) is 1.68. The van der Waals surface area contributed by atoms with Crippen LogP contribution >= 0.6 is 17.0 Å². The van der Waals surface area contributed by atoms with Crippen LogP contribution in [0.15, 0.2) is 58.5 Å². The number of benzene rings is 2. The summed E-state index contributed by atoms with van der Waals surface area (Å²) in [5.74, 6) is -0.863. The van der Waals surface area contributed by atoms with Crippen molar-refractivity contribution in [1.29, 1.82) is 0 Å². The summed E-state index contributed by atoms with van der Waals surface area (Å²) in [6, 6.07) is 11.8. The lowest BCUT2D eigenvalue weighted by Crippen LogP contribution is -2.37. The molecule has 0 radical (unpaired) electrons. The number of aromatic amines is 1. The predicted octanol–water partition coefficient (Wildman–Crippen LogP) is 2.39. The number of amides is 1. The summed E-state index contributed by atoms with van der Waals surface area (Å²) in [5.41, 5.74) is 6.66. The first-order chi connectivity index (χ1) is 14.5. The van der Waals surface area contributed by atoms with Crippen molar-refractivity contribution in [2.24, 2.45) is 0 Å². The van der Waals surface area contributed by atoms with Gasteiger partial charge in [0.15, 0.2) is 0 Å². The van der Waals surface area contributed by atoms with Crippen LogP contribution in [0.3, 0.4) is 0 Å². The monoisotopic (exact) mass is 485 g/mol. The van der Waals surface area contributed by atoms with E-state index < -0.39 is 5.82 Å². The van der Waals surface area contributed by atoms with Gasteiger partial charge in [-0.2, -0.15) is 5.10 Å². The maximum atomic E-state index is 14.5. The van der Waals surface area contributed by atoms with Crippen molar-refractivity contribution < 1.29 is 9.18 Å². The average Bonchev–Trinajstić information content (AvgIpc) is 3.33. The first-order valence-electron chi connectivity index (χ1n) is 9.73. The molecular weight excluding hydrogens is 465 g/mol. The predicted molar refractivity (Wildman–Crippen MR) is 121 cm³/mol. The fourth-order valence-corrected chi connectivity index (χ4v) is 4.14. The molecule has 3 heterocycles. The number of carbonyl (C=O) groups excluding carboxylic acids is 1. The molecule has 0 atom stereocenters. The van der Waals surface area contributed by atoms with Gasteiger partial charge in [-0.15, -0.1) is 17.0 Å². The van der Waals surface area contributed by atoms with Crippen LogP contribution in [0.2, 0.25) is 0 Å². The van der Waals surface area contributed by atoms with Gasteiger partial charge in [-0.25, -0.2) is 14.9 Å². The summed E-state index contributed by atoms with van der Waals surface area (Å²) < 4.78 is 14.5. The Hall–Kier alpha value is -3.04. The number of hydrazine groups is 1. The highest BCUT2D eigenvalue weighted by Gasteiger charge is 2.32. The average molecular weight is 486 g/mol. The largest absolute Gasteiger partial charge is 0.329 e. The second-order valence-corrected chi connectivity index (χ2v) is 7.64. The maximum absolute atomic E-state index is 14.5. The van der Waals surface area contributed by atoms with Crippen molar-refractivity contribution in [2.75, 3.05) is 26.7 Å². The van der Waals surface area contributed by atoms with Crippen molar-refractivity contribution in [3.8, 4) is 0 Å². The van der Waals surface area contributed by atoms with Crippen LogP contribution < -0.4 is 11.0 Å². The minimum absolute atomic E-state index is 0. The van der Waals surface area contributed by atoms with Crippen molar-refractivity contribution in [2.45, 2.75) is 6.42 Å². The molecule has 7 nitrogen and oxygen atoms in total. The van der Waals surface area contributed by atoms with Crippen LogP contribution in [0, 0.1) is 5.82 Å². The number of hydrogen-bond donors (Lipinski definition) is 2. The zero-order valence-corrected chi connectivity index (χ0v) is 18.5. The molecule has 1 aromatic heterocycles. The van der Waals surface area contributed by atoms with E-state index in [2.05, 4.69) is 15.6 Å². The molecule has 2 aliphatic rings. The molecule has 1 amide bonds. The Morgan fingerprint density at radius 1 is 1.16 bits per heavy atom. The van der Waals surface area contributed by atoms with Gasteiger partial charge < -0.3 is 9.91 Å². The highest BCUT2D eigenvalue weighted by atomic mass is 79.9. The van der Waals surface area contributed by atoms with Gasteiger partial charge in [-0.1, -0.05) is 24.3 Å². The minimum atomic E-state index is -0.540. The number of nitrogens with one attached hydrogen (secondary N) is 2. The van der Waals surface area contributed by atoms with Crippen molar-refractivity contribution in [1.82, 2.24) is 25.5 Å². The first-order valence-corrected chi connectivity index (χ1v) is 9.73. The highest BCUT2D eigenvalue weighted by molar-refractivity contribution is 8.93. The molecule has 0 spiro atoms. The van der Waals surface area contributed by atoms with E-state index in [-0.39, 0.29) is 34.0 Å². The molecule has 9 heteroatoms. The topological polar surface area (TPSA) is 81.3 Å². The van der Waals surface area contributed by atoms with Gasteiger partial charge >= 0.3 is 0 Å². The van der Waals surface area contributed by atoms with Gasteiger partial charge in [0.1, 0.15) is 5.82 Å². The van der Waals surface area contributed by atoms with Crippen molar-refractivity contribution >= 4 is 33.7 Å². The third-order valence-corrected chi connectivity index (χ3v) is 5.76. The standard InChI is InChI=1S/C22H20FN5O2.BrH/c1-27-20-12-28(11-14(20)10-24-27)22(30)17-8-13(6-7-18(17)23)9-19-15-4-2-3-5-16(15)21(29)26-25-19;/h2-8,24H,9-12H2,1H3,(H,26,29);1H. The van der Waals surface area contributed by atoms with E-state index in [1.54, 1.807) is 29.2 Å². The molecule has 0 bridgehead atoms. The van der Waals surface area contributed by atoms with E-state index >= 15 is 0 Å². The van der Waals surface area contributed by atoms with Gasteiger partial charge in [0.2, 0.25) is 0 Å². The Bertz CT molecular complexity index is 1270. The summed E-state index contributed by atoms with van der Waals surface area (Å²) in [4.78, 5) is 26.7. The zero-order valence-electron chi connectivity index (χ0n) is 16.8. The highest BCUT2D eigenvalue weighted by Crippen LogP contribution is 2.26. The Balaban J connectivity index is 0.00000231. The summed E-state index contributed by atoms with van der Waals surface area (Å²) in [5, 5.41) is 9.91. The Labute approximate surface area is 188 Å². The fourth-order valence-electron chi connectivity index (χ4n) is 4.14. The number of rotatable bonds is 3. The number of nitrogens with zero attached hydrogens (tertiary/aromatic N) is 3. The van der Waals surface area contributed by atoms with E-state index in [1.165, 1.54) is 6.07 Å². The van der Waals surface area contributed by atoms with Crippen LogP contribution in [0.25, 0.3) is 10.8 Å². The molecule has 2 aromatic carbocycles. The molecule has 0 saturated carbocycles. The van der Waals surface area contributed by atoms with Gasteiger partial charge in [-0.3, -0.25) is 9.59 Å². The third kappa shape index (κ3) is 3.75. The van der Waals surface area contributed by atoms with Gasteiger partial charge in [0.25, 0.3) is 11.5 Å². The molecule has 0 aliphatic carbocycles. The molecule has 0 fully saturated rings. The quantitative estimate of drug-likeness (QED) is 0.595. The van der Waals surface area contributed by atoms with Crippen LogP contribution in [-0.2, 0) is 6.42 Å². The van der Waals surface area contributed by atoms with Crippen molar-refractivity contribution in [3.05, 3.63) is 86.7 Å². The Kier molecular flexibility index (Phi) is 5.63. The number of carbonyl (C=O) groups is 1. The lowest BCUT2D eigenvalue weighted by Gasteiger charge is -2.22. The Morgan fingerprint density at radius 2 is 1.94 bits per heavy atom. The fraction of sp³-hybridized carbons (Fsp3) is 0.227. The van der Waals surface area contributed by atoms with Crippen LogP contribution in [-0.4, -0.2) is 52.7 Å². The molecule has 2 N–H and O–H groups in total. The molecule has 2 aliphatic heterocycles. The van der Waals surface area contributed by atoms with E-state index in [0.717, 1.165) is 22.2 Å². The Morgan fingerprint density at radius 3 is 2.71 bits per heavy atom. The van der Waals surface area contributed by atoms with E-state index in [1.807, 2.05) is 24.2 Å². The number of halogens is 2. The number of likely N-dealkylation sites (N-methyl/N-ethyl adjacent to an activating group) is 1. The lowest BCUT2D eigenvalue weighted by molar-refractivity contribution is 0.0780. The summed E-state index contributed by atoms with van der Waals surface area (Å²) in [6.07, 6.45) is 0.374. The maximum Gasteiger partial charge on any atom is 0.272 e. The van der Waals surface area contributed by atoms with Gasteiger partial charge in [-0.05, 0) is 29.3 Å². The first kappa shape index (κ1) is 21.2. The number of fused-ring (bicyclic) bond motifs is 1. The van der Waals surface area contributed by atoms with E-state index in [9.17, 15) is 14.0 Å². The third-order valence-electron chi connectivity index (χ3n) is 5.76. The van der Waals surface area contributed by atoms with E-state index in [0.29, 0.717) is 37.1 Å². The zero-order chi connectivity index (χ0) is 20.8. The van der Waals surface area contributed by atoms with Crippen LogP contribution in [0.4, 0.5) is 4.39 Å². The molecule has 0 unspecified atom stereocenters. The van der Waals surface area contributed by atoms with Crippen molar-refractivity contribution in [3.63, 3.8) is 0 Å². The molecule has 5 rings (SSSR count). The molecule has 160 valence electrons. The smallest absolute Gasteiger partial charge is 0.272 e. The van der Waals surface area contributed by atoms with Crippen LogP contribution in [0.1, 0.15) is 21.6 Å². The van der Waals surface area contributed by atoms with Gasteiger partial charge in [0, 0.05) is 31.9 Å². The number of H-pyrrole nitrogens is 1. The van der Waals surface area contributed by atoms with Gasteiger partial charge in [0.05, 0.1) is 28.9 Å². The van der Waals surface area contributed by atoms with E-state index in [4.69, 9.17) is 0 Å². The van der Waals surface area contributed by atoms with Crippen LogP contribution in [0.5, 0.6) is 0 Å². The molecule has 0 saturated heterocycles. The second kappa shape index (κ2) is 8.24. The normalized spacial score (nSPS) is 15.4. The lowest BCUT2D eigenvalue weighted by atomic mass is 10.0. The second-order valence-electron chi connectivity index (χ2n) is 7.64. The number of hydrogen-bond acceptors (Lipinski definition) is 5. The SMILES string of the molecule is Br.CN1NCC2=C1CN(C(=O)c1cc(Cc3n[nH]c(=O)c4ccccc34)ccc1F)C2. The summed E-state index contributed by atoms with van der Waals surface area (Å²) in [7, 11) is 1.92. The molecule has 31 heavy (non-hydrogen) atoms.